The molecular weight excluding hydrogens is 449 g/mol. The van der Waals surface area contributed by atoms with Gasteiger partial charge >= 0.3 is 0 Å². The van der Waals surface area contributed by atoms with Gasteiger partial charge in [0.05, 0.1) is 19.3 Å². The van der Waals surface area contributed by atoms with Crippen LogP contribution in [0.1, 0.15) is 29.6 Å². The maximum atomic E-state index is 13.5. The van der Waals surface area contributed by atoms with E-state index in [4.69, 9.17) is 9.47 Å². The molecule has 0 bridgehead atoms. The van der Waals surface area contributed by atoms with Crippen molar-refractivity contribution in [2.75, 3.05) is 60.0 Å². The molecule has 4 rings (SSSR count). The molecule has 7 nitrogen and oxygen atoms in total. The third-order valence-corrected chi connectivity index (χ3v) is 7.03. The van der Waals surface area contributed by atoms with E-state index < -0.39 is 5.41 Å². The first-order valence-corrected chi connectivity index (χ1v) is 12.2. The van der Waals surface area contributed by atoms with Crippen LogP contribution >= 0.6 is 0 Å². The Morgan fingerprint density at radius 2 is 1.69 bits per heavy atom. The lowest BCUT2D eigenvalue weighted by Crippen LogP contribution is -2.53. The lowest BCUT2D eigenvalue weighted by molar-refractivity contribution is -0.137. The average molecular weight is 484 g/mol. The molecule has 1 unspecified atom stereocenters. The second kappa shape index (κ2) is 11.1. The number of hydrogen-bond donors (Lipinski definition) is 0. The third-order valence-electron chi connectivity index (χ3n) is 7.03. The molecule has 2 fully saturated rings. The fraction of sp³-hybridized carbons (Fsp3) is 0.481. The first kappa shape index (κ1) is 25.0. The first-order chi connectivity index (χ1) is 16.9. The number of methoxy groups -OCH3 is 1. The molecule has 2 aliphatic heterocycles. The fourth-order valence-electron chi connectivity index (χ4n) is 4.94. The van der Waals surface area contributed by atoms with Gasteiger partial charge in [0.15, 0.2) is 0 Å². The zero-order valence-electron chi connectivity index (χ0n) is 20.5. The number of piperazine rings is 1. The lowest BCUT2D eigenvalue weighted by atomic mass is 9.77. The minimum absolute atomic E-state index is 0.0902. The van der Waals surface area contributed by atoms with E-state index in [9.17, 15) is 14.0 Å². The Morgan fingerprint density at radius 1 is 0.971 bits per heavy atom. The van der Waals surface area contributed by atoms with Crippen LogP contribution in [0.5, 0.6) is 11.5 Å². The zero-order valence-corrected chi connectivity index (χ0v) is 20.5. The highest BCUT2D eigenvalue weighted by molar-refractivity contribution is 5.97. The van der Waals surface area contributed by atoms with Crippen molar-refractivity contribution in [3.63, 3.8) is 0 Å². The van der Waals surface area contributed by atoms with Gasteiger partial charge in [-0.15, -0.1) is 0 Å². The molecule has 35 heavy (non-hydrogen) atoms. The van der Waals surface area contributed by atoms with Crippen molar-refractivity contribution in [3.05, 3.63) is 59.9 Å². The maximum Gasteiger partial charge on any atom is 0.257 e. The summed E-state index contributed by atoms with van der Waals surface area (Å²) in [5.41, 5.74) is -0.0271. The summed E-state index contributed by atoms with van der Waals surface area (Å²) in [4.78, 5) is 32.8. The van der Waals surface area contributed by atoms with Crippen molar-refractivity contribution in [1.29, 1.82) is 0 Å². The molecule has 2 saturated heterocycles. The van der Waals surface area contributed by atoms with Gasteiger partial charge in [-0.05, 0) is 56.3 Å². The Morgan fingerprint density at radius 3 is 2.40 bits per heavy atom. The van der Waals surface area contributed by atoms with E-state index in [0.717, 1.165) is 25.9 Å². The van der Waals surface area contributed by atoms with E-state index in [0.29, 0.717) is 49.7 Å². The van der Waals surface area contributed by atoms with E-state index in [1.807, 2.05) is 21.9 Å². The summed E-state index contributed by atoms with van der Waals surface area (Å²) in [5.74, 6) is 0.729. The van der Waals surface area contributed by atoms with Crippen LogP contribution in [0.25, 0.3) is 0 Å². The van der Waals surface area contributed by atoms with Crippen LogP contribution in [0.2, 0.25) is 0 Å². The number of hydrogen-bond acceptors (Lipinski definition) is 5. The quantitative estimate of drug-likeness (QED) is 0.605. The largest absolute Gasteiger partial charge is 0.496 e. The van der Waals surface area contributed by atoms with Gasteiger partial charge in [0, 0.05) is 51.1 Å². The molecular formula is C27H34FN3O4. The molecule has 0 aromatic heterocycles. The molecule has 0 aliphatic carbocycles. The van der Waals surface area contributed by atoms with Gasteiger partial charge in [0.2, 0.25) is 5.91 Å². The number of carbonyl (C=O) groups excluding carboxylic acids is 2. The number of benzene rings is 2. The second-order valence-corrected chi connectivity index (χ2v) is 9.63. The average Bonchev–Trinajstić information content (AvgIpc) is 2.88. The Balaban J connectivity index is 1.54. The van der Waals surface area contributed by atoms with Gasteiger partial charge in [0.1, 0.15) is 17.3 Å². The number of para-hydroxylation sites is 1. The van der Waals surface area contributed by atoms with Crippen molar-refractivity contribution in [1.82, 2.24) is 14.7 Å². The summed E-state index contributed by atoms with van der Waals surface area (Å²) in [5, 5.41) is 0. The van der Waals surface area contributed by atoms with E-state index in [-0.39, 0.29) is 24.2 Å². The number of carbonyl (C=O) groups is 2. The Hall–Kier alpha value is -3.13. The monoisotopic (exact) mass is 483 g/mol. The molecule has 2 amide bonds. The highest BCUT2D eigenvalue weighted by atomic mass is 19.1. The van der Waals surface area contributed by atoms with Crippen LogP contribution in [-0.4, -0.2) is 86.5 Å². The van der Waals surface area contributed by atoms with Crippen molar-refractivity contribution in [2.45, 2.75) is 19.3 Å². The predicted octanol–water partition coefficient (Wildman–Crippen LogP) is 3.30. The fourth-order valence-corrected chi connectivity index (χ4v) is 4.94. The van der Waals surface area contributed by atoms with Gasteiger partial charge in [-0.1, -0.05) is 12.1 Å². The highest BCUT2D eigenvalue weighted by Gasteiger charge is 2.41. The van der Waals surface area contributed by atoms with Crippen LogP contribution in [0.3, 0.4) is 0 Å². The molecule has 0 saturated carbocycles. The topological polar surface area (TPSA) is 62.3 Å². The molecule has 0 spiro atoms. The molecule has 8 heteroatoms. The molecule has 1 atom stereocenters. The number of ether oxygens (including phenoxy) is 2. The van der Waals surface area contributed by atoms with Crippen LogP contribution < -0.4 is 9.47 Å². The van der Waals surface area contributed by atoms with Crippen LogP contribution in [0.4, 0.5) is 4.39 Å². The van der Waals surface area contributed by atoms with Gasteiger partial charge in [-0.25, -0.2) is 4.39 Å². The normalized spacial score (nSPS) is 21.0. The van der Waals surface area contributed by atoms with Crippen LogP contribution in [0.15, 0.2) is 48.5 Å². The van der Waals surface area contributed by atoms with Crippen molar-refractivity contribution in [2.24, 2.45) is 5.41 Å². The second-order valence-electron chi connectivity index (χ2n) is 9.63. The summed E-state index contributed by atoms with van der Waals surface area (Å²) >= 11 is 0. The Kier molecular flexibility index (Phi) is 7.90. The smallest absolute Gasteiger partial charge is 0.257 e. The van der Waals surface area contributed by atoms with E-state index in [2.05, 4.69) is 11.9 Å². The molecule has 2 aliphatic rings. The molecule has 0 N–H and O–H groups in total. The van der Waals surface area contributed by atoms with E-state index >= 15 is 0 Å². The summed E-state index contributed by atoms with van der Waals surface area (Å²) < 4.78 is 24.9. The minimum atomic E-state index is -0.537. The molecule has 2 aromatic carbocycles. The van der Waals surface area contributed by atoms with Gasteiger partial charge < -0.3 is 24.2 Å². The Labute approximate surface area is 206 Å². The van der Waals surface area contributed by atoms with Gasteiger partial charge in [0.25, 0.3) is 5.91 Å². The number of halogens is 1. The Bertz CT molecular complexity index is 1020. The number of likely N-dealkylation sites (N-methyl/N-ethyl adjacent to an activating group) is 1. The molecule has 0 radical (unpaired) electrons. The number of amides is 2. The van der Waals surface area contributed by atoms with Crippen molar-refractivity contribution >= 4 is 11.8 Å². The SMILES string of the molecule is COc1ccccc1C(=O)N1CCCC(COc2ccc(F)cc2)(CC(=O)N2CCN(C)CC2)C1. The van der Waals surface area contributed by atoms with Crippen LogP contribution in [0, 0.1) is 11.2 Å². The zero-order chi connectivity index (χ0) is 24.8. The van der Waals surface area contributed by atoms with E-state index in [1.165, 1.54) is 12.1 Å². The van der Waals surface area contributed by atoms with Crippen LogP contribution in [-0.2, 0) is 4.79 Å². The third kappa shape index (κ3) is 6.11. The first-order valence-electron chi connectivity index (χ1n) is 12.2. The van der Waals surface area contributed by atoms with Crippen molar-refractivity contribution < 1.29 is 23.5 Å². The number of piperidine rings is 1. The number of nitrogens with zero attached hydrogens (tertiary/aromatic N) is 3. The number of rotatable bonds is 7. The highest BCUT2D eigenvalue weighted by Crippen LogP contribution is 2.36. The molecule has 2 aromatic rings. The summed E-state index contributed by atoms with van der Waals surface area (Å²) in [6.07, 6.45) is 1.83. The summed E-state index contributed by atoms with van der Waals surface area (Å²) in [6, 6.07) is 13.1. The molecule has 188 valence electrons. The summed E-state index contributed by atoms with van der Waals surface area (Å²) in [6.45, 7) is 4.39. The standard InChI is InChI=1S/C27H34FN3O4/c1-29-14-16-30(17-15-29)25(32)18-27(20-35-22-10-8-21(28)9-11-22)12-5-13-31(19-27)26(33)23-6-3-4-7-24(23)34-2/h3-4,6-11H,5,12-20H2,1-2H3. The molecule has 2 heterocycles. The number of likely N-dealkylation sites (tertiary alicyclic amines) is 1. The minimum Gasteiger partial charge on any atom is -0.496 e. The maximum absolute atomic E-state index is 13.5. The predicted molar refractivity (Wildman–Crippen MR) is 131 cm³/mol. The van der Waals surface area contributed by atoms with Crippen molar-refractivity contribution in [3.8, 4) is 11.5 Å². The van der Waals surface area contributed by atoms with E-state index in [1.54, 1.807) is 31.4 Å². The van der Waals surface area contributed by atoms with Gasteiger partial charge in [-0.3, -0.25) is 9.59 Å². The van der Waals surface area contributed by atoms with Gasteiger partial charge in [-0.2, -0.15) is 0 Å². The summed E-state index contributed by atoms with van der Waals surface area (Å²) in [7, 11) is 3.61. The lowest BCUT2D eigenvalue weighted by Gasteiger charge is -2.43.